The van der Waals surface area contributed by atoms with Crippen molar-refractivity contribution in [1.29, 1.82) is 0 Å². The van der Waals surface area contributed by atoms with Crippen molar-refractivity contribution in [1.82, 2.24) is 0 Å². The van der Waals surface area contributed by atoms with Crippen LogP contribution in [0.3, 0.4) is 0 Å². The van der Waals surface area contributed by atoms with E-state index in [2.05, 4.69) is 41.3 Å². The molecule has 0 bridgehead atoms. The van der Waals surface area contributed by atoms with Gasteiger partial charge < -0.3 is 30.1 Å². The summed E-state index contributed by atoms with van der Waals surface area (Å²) in [5, 5.41) is 42.5. The number of aliphatic hydroxyl groups excluding tert-OH is 3. The predicted molar refractivity (Wildman–Crippen MR) is 205 cm³/mol. The van der Waals surface area contributed by atoms with Crippen LogP contribution in [0.2, 0.25) is 0 Å². The molecule has 2 fully saturated rings. The SMILES string of the molecule is OCC1CC(O)CC(c2ccc(-c3ccc(C4C(CCC(O)c5ccc(F)cc5)SC(=S)N4c4ccc(-c5ccccc5)cc4)c(O)c3)cc2)O1. The first kappa shape index (κ1) is 35.3. The number of anilines is 1. The second-order valence-electron chi connectivity index (χ2n) is 13.2. The lowest BCUT2D eigenvalue weighted by molar-refractivity contribution is -0.113. The second kappa shape index (κ2) is 15.7. The lowest BCUT2D eigenvalue weighted by Gasteiger charge is -2.32. The van der Waals surface area contributed by atoms with Crippen molar-refractivity contribution in [2.24, 2.45) is 0 Å². The lowest BCUT2D eigenvalue weighted by Crippen LogP contribution is -2.33. The molecule has 0 amide bonds. The number of halogens is 1. The van der Waals surface area contributed by atoms with E-state index in [0.717, 1.165) is 39.1 Å². The van der Waals surface area contributed by atoms with Crippen LogP contribution in [0.15, 0.2) is 121 Å². The first-order valence-corrected chi connectivity index (χ1v) is 18.5. The number of rotatable bonds is 10. The zero-order valence-electron chi connectivity index (χ0n) is 27.9. The topological polar surface area (TPSA) is 93.4 Å². The number of thioether (sulfide) groups is 1. The third-order valence-electron chi connectivity index (χ3n) is 9.86. The highest BCUT2D eigenvalue weighted by Crippen LogP contribution is 2.49. The smallest absolute Gasteiger partial charge is 0.141 e. The van der Waals surface area contributed by atoms with Crippen molar-refractivity contribution in [3.63, 3.8) is 0 Å². The number of nitrogens with zero attached hydrogens (tertiary/aromatic N) is 1. The predicted octanol–water partition coefficient (Wildman–Crippen LogP) is 8.90. The number of hydrogen-bond acceptors (Lipinski definition) is 7. The van der Waals surface area contributed by atoms with Crippen molar-refractivity contribution in [3.8, 4) is 28.0 Å². The Morgan fingerprint density at radius 3 is 2.16 bits per heavy atom. The summed E-state index contributed by atoms with van der Waals surface area (Å²) < 4.78 is 20.2. The number of hydrogen-bond donors (Lipinski definition) is 4. The molecule has 2 aliphatic heterocycles. The Hall–Kier alpha value is -4.09. The summed E-state index contributed by atoms with van der Waals surface area (Å²) in [6.45, 7) is -0.131. The number of aliphatic hydroxyl groups is 3. The summed E-state index contributed by atoms with van der Waals surface area (Å²) in [4.78, 5) is 2.10. The molecule has 2 heterocycles. The van der Waals surface area contributed by atoms with Gasteiger partial charge in [0, 0.05) is 29.3 Å². The summed E-state index contributed by atoms with van der Waals surface area (Å²) in [6.07, 6.45) is -0.0442. The molecule has 51 heavy (non-hydrogen) atoms. The first-order valence-electron chi connectivity index (χ1n) is 17.2. The van der Waals surface area contributed by atoms with Gasteiger partial charge in [0.05, 0.1) is 37.1 Å². The number of benzene rings is 5. The van der Waals surface area contributed by atoms with Gasteiger partial charge in [0.2, 0.25) is 0 Å². The lowest BCUT2D eigenvalue weighted by atomic mass is 9.92. The molecule has 0 saturated carbocycles. The van der Waals surface area contributed by atoms with Gasteiger partial charge in [0.1, 0.15) is 15.9 Å². The molecule has 6 atom stereocenters. The number of aromatic hydroxyl groups is 1. The number of phenolic OH excluding ortho intramolecular Hbond substituents is 1. The van der Waals surface area contributed by atoms with Crippen molar-refractivity contribution in [2.75, 3.05) is 11.5 Å². The van der Waals surface area contributed by atoms with Crippen LogP contribution in [0.25, 0.3) is 22.3 Å². The Morgan fingerprint density at radius 2 is 1.47 bits per heavy atom. The van der Waals surface area contributed by atoms with E-state index in [1.807, 2.05) is 54.6 Å². The van der Waals surface area contributed by atoms with E-state index in [4.69, 9.17) is 17.0 Å². The molecule has 0 radical (unpaired) electrons. The van der Waals surface area contributed by atoms with Crippen LogP contribution in [0.4, 0.5) is 10.1 Å². The highest BCUT2D eigenvalue weighted by atomic mass is 32.2. The molecule has 4 N–H and O–H groups in total. The minimum atomic E-state index is -0.768. The van der Waals surface area contributed by atoms with E-state index < -0.39 is 12.2 Å². The monoisotopic (exact) mass is 721 g/mol. The molecule has 9 heteroatoms. The summed E-state index contributed by atoms with van der Waals surface area (Å²) in [5.74, 6) is -0.202. The molecule has 5 aromatic rings. The molecule has 0 spiro atoms. The van der Waals surface area contributed by atoms with Crippen molar-refractivity contribution in [3.05, 3.63) is 144 Å². The van der Waals surface area contributed by atoms with E-state index >= 15 is 0 Å². The van der Waals surface area contributed by atoms with Gasteiger partial charge in [-0.1, -0.05) is 115 Å². The first-order chi connectivity index (χ1) is 24.8. The molecule has 0 aliphatic carbocycles. The average Bonchev–Trinajstić information content (AvgIpc) is 3.49. The van der Waals surface area contributed by atoms with Crippen molar-refractivity contribution < 1.29 is 29.6 Å². The van der Waals surface area contributed by atoms with Gasteiger partial charge in [-0.2, -0.15) is 0 Å². The fourth-order valence-electron chi connectivity index (χ4n) is 7.16. The van der Waals surface area contributed by atoms with Crippen LogP contribution >= 0.6 is 24.0 Å². The molecule has 2 aliphatic rings. The Labute approximate surface area is 307 Å². The van der Waals surface area contributed by atoms with E-state index in [1.165, 1.54) is 12.1 Å². The third kappa shape index (κ3) is 7.89. The minimum absolute atomic E-state index is 0.0778. The number of phenols is 1. The fraction of sp³-hybridized carbons (Fsp3) is 0.262. The van der Waals surface area contributed by atoms with Gasteiger partial charge in [-0.3, -0.25) is 0 Å². The fourth-order valence-corrected chi connectivity index (χ4v) is 8.99. The van der Waals surface area contributed by atoms with Crippen LogP contribution in [0.5, 0.6) is 5.75 Å². The molecule has 0 aromatic heterocycles. The normalized spacial score (nSPS) is 22.6. The maximum absolute atomic E-state index is 13.5. The maximum atomic E-state index is 13.5. The highest BCUT2D eigenvalue weighted by molar-refractivity contribution is 8.24. The number of ether oxygens (including phenoxy) is 1. The van der Waals surface area contributed by atoms with E-state index in [-0.39, 0.29) is 41.7 Å². The van der Waals surface area contributed by atoms with Gasteiger partial charge >= 0.3 is 0 Å². The Bertz CT molecular complexity index is 1940. The van der Waals surface area contributed by atoms with Crippen LogP contribution in [-0.2, 0) is 4.74 Å². The van der Waals surface area contributed by atoms with Gasteiger partial charge in [-0.15, -0.1) is 0 Å². The summed E-state index contributed by atoms with van der Waals surface area (Å²) in [6, 6.07) is 37.7. The zero-order valence-corrected chi connectivity index (χ0v) is 29.5. The van der Waals surface area contributed by atoms with Gasteiger partial charge in [-0.25, -0.2) is 4.39 Å². The molecule has 6 unspecified atom stereocenters. The van der Waals surface area contributed by atoms with Gasteiger partial charge in [0.15, 0.2) is 0 Å². The Morgan fingerprint density at radius 1 is 0.824 bits per heavy atom. The van der Waals surface area contributed by atoms with E-state index in [9.17, 15) is 24.8 Å². The highest BCUT2D eigenvalue weighted by Gasteiger charge is 2.41. The standard InChI is InChI=1S/C42H40FNO5S2/c43-32-15-10-29(11-16-32)37(47)20-21-40-41(44(42(50)51-40)33-17-12-27(13-18-33)26-4-2-1-3-5-26)36-19-14-31(22-38(36)48)28-6-8-30(9-7-28)39-24-34(46)23-35(25-45)49-39/h1-19,22,34-35,37,39-41,45-48H,20-21,23-25H2. The molecule has 2 saturated heterocycles. The van der Waals surface area contributed by atoms with E-state index in [0.29, 0.717) is 35.6 Å². The zero-order chi connectivity index (χ0) is 35.5. The second-order valence-corrected chi connectivity index (χ2v) is 15.1. The number of thiocarbonyl (C=S) groups is 1. The molecule has 5 aromatic carbocycles. The van der Waals surface area contributed by atoms with Gasteiger partial charge in [0.25, 0.3) is 0 Å². The largest absolute Gasteiger partial charge is 0.508 e. The quantitative estimate of drug-likeness (QED) is 0.106. The van der Waals surface area contributed by atoms with Crippen molar-refractivity contribution in [2.45, 2.75) is 61.4 Å². The van der Waals surface area contributed by atoms with E-state index in [1.54, 1.807) is 30.0 Å². The molecule has 262 valence electrons. The summed E-state index contributed by atoms with van der Waals surface area (Å²) in [7, 11) is 0. The molecule has 7 rings (SSSR count). The third-order valence-corrected chi connectivity index (χ3v) is 11.5. The maximum Gasteiger partial charge on any atom is 0.141 e. The molecular weight excluding hydrogens is 682 g/mol. The summed E-state index contributed by atoms with van der Waals surface area (Å²) >= 11 is 7.56. The van der Waals surface area contributed by atoms with Crippen LogP contribution in [0.1, 0.15) is 60.6 Å². The molecular formula is C42H40FNO5S2. The van der Waals surface area contributed by atoms with Crippen LogP contribution < -0.4 is 4.90 Å². The van der Waals surface area contributed by atoms with Gasteiger partial charge in [-0.05, 0) is 76.6 Å². The molecule has 6 nitrogen and oxygen atoms in total. The Kier molecular flexibility index (Phi) is 10.8. The minimum Gasteiger partial charge on any atom is -0.508 e. The van der Waals surface area contributed by atoms with Crippen LogP contribution in [-0.4, -0.2) is 48.8 Å². The average molecular weight is 722 g/mol. The van der Waals surface area contributed by atoms with Crippen LogP contribution in [0, 0.1) is 5.82 Å². The van der Waals surface area contributed by atoms with Crippen molar-refractivity contribution >= 4 is 34.0 Å². The summed E-state index contributed by atoms with van der Waals surface area (Å²) in [5.41, 5.74) is 7.19. The Balaban J connectivity index is 1.16.